The first-order valence-corrected chi connectivity index (χ1v) is 10.9. The fraction of sp³-hybridized carbons (Fsp3) is 0.278. The largest absolute Gasteiger partial charge is 0.331 e. The molecule has 1 aromatic heterocycles. The molecule has 1 saturated heterocycles. The maximum absolute atomic E-state index is 12.5. The molecule has 2 heterocycles. The number of thioether (sulfide) groups is 1. The zero-order chi connectivity index (χ0) is 20.8. The second-order valence-corrected chi connectivity index (χ2v) is 8.52. The Balaban J connectivity index is 1.49. The predicted octanol–water partition coefficient (Wildman–Crippen LogP) is 3.69. The van der Waals surface area contributed by atoms with E-state index in [2.05, 4.69) is 16.2 Å². The van der Waals surface area contributed by atoms with Gasteiger partial charge in [-0.2, -0.15) is 8.78 Å². The Labute approximate surface area is 180 Å². The maximum Gasteiger partial charge on any atom is 0.288 e. The van der Waals surface area contributed by atoms with Crippen LogP contribution in [0.1, 0.15) is 22.5 Å². The molecule has 6 nitrogen and oxygen atoms in total. The van der Waals surface area contributed by atoms with Crippen LogP contribution in [0.3, 0.4) is 0 Å². The lowest BCUT2D eigenvalue weighted by Gasteiger charge is -2.23. The van der Waals surface area contributed by atoms with E-state index in [1.54, 1.807) is 41.3 Å². The number of likely N-dealkylation sites (tertiary alicyclic amines) is 1. The van der Waals surface area contributed by atoms with E-state index in [1.165, 1.54) is 11.3 Å². The van der Waals surface area contributed by atoms with E-state index in [-0.39, 0.29) is 16.9 Å². The van der Waals surface area contributed by atoms with Crippen LogP contribution in [0.15, 0.2) is 46.7 Å². The van der Waals surface area contributed by atoms with Crippen molar-refractivity contribution < 1.29 is 18.4 Å². The quantitative estimate of drug-likeness (QED) is 0.362. The van der Waals surface area contributed by atoms with Gasteiger partial charge in [-0.15, -0.1) is 11.3 Å². The van der Waals surface area contributed by atoms with Gasteiger partial charge in [0.2, 0.25) is 0 Å². The number of alkyl halides is 2. The number of hydrazine groups is 1. The molecule has 1 atom stereocenters. The number of nitrogens with one attached hydrogen (secondary N) is 3. The van der Waals surface area contributed by atoms with Gasteiger partial charge in [0.15, 0.2) is 5.11 Å². The summed E-state index contributed by atoms with van der Waals surface area (Å²) in [4.78, 5) is 27.7. The Kier molecular flexibility index (Phi) is 7.40. The van der Waals surface area contributed by atoms with Crippen LogP contribution in [0.5, 0.6) is 0 Å². The molecule has 0 unspecified atom stereocenters. The molecule has 11 heteroatoms. The fourth-order valence-electron chi connectivity index (χ4n) is 2.91. The number of carbonyl (C=O) groups is 2. The topological polar surface area (TPSA) is 73.5 Å². The number of nitrogens with zero attached hydrogens (tertiary/aromatic N) is 1. The molecule has 0 saturated carbocycles. The van der Waals surface area contributed by atoms with Gasteiger partial charge in [-0.05, 0) is 60.8 Å². The highest BCUT2D eigenvalue weighted by Gasteiger charge is 2.34. The summed E-state index contributed by atoms with van der Waals surface area (Å²) in [5.41, 5.74) is 5.72. The van der Waals surface area contributed by atoms with Gasteiger partial charge in [0, 0.05) is 17.1 Å². The number of thiophene rings is 1. The zero-order valence-corrected chi connectivity index (χ0v) is 17.5. The summed E-state index contributed by atoms with van der Waals surface area (Å²) in [5, 5.41) is 4.82. The number of anilines is 1. The van der Waals surface area contributed by atoms with Crippen molar-refractivity contribution in [3.8, 4) is 0 Å². The van der Waals surface area contributed by atoms with Crippen molar-refractivity contribution in [3.63, 3.8) is 0 Å². The highest BCUT2D eigenvalue weighted by molar-refractivity contribution is 7.99. The first-order chi connectivity index (χ1) is 13.9. The van der Waals surface area contributed by atoms with Gasteiger partial charge in [0.05, 0.1) is 4.88 Å². The Morgan fingerprint density at radius 2 is 1.97 bits per heavy atom. The van der Waals surface area contributed by atoms with Gasteiger partial charge < -0.3 is 10.2 Å². The number of thiocarbonyl (C=S) groups is 1. The lowest BCUT2D eigenvalue weighted by atomic mass is 10.2. The van der Waals surface area contributed by atoms with E-state index in [1.807, 2.05) is 5.38 Å². The van der Waals surface area contributed by atoms with Crippen molar-refractivity contribution >= 4 is 57.9 Å². The number of benzene rings is 1. The summed E-state index contributed by atoms with van der Waals surface area (Å²) < 4.78 is 24.7. The van der Waals surface area contributed by atoms with Crippen LogP contribution in [0.2, 0.25) is 0 Å². The van der Waals surface area contributed by atoms with Gasteiger partial charge >= 0.3 is 0 Å². The minimum Gasteiger partial charge on any atom is -0.331 e. The third-order valence-corrected chi connectivity index (χ3v) is 5.97. The molecule has 0 radical (unpaired) electrons. The predicted molar refractivity (Wildman–Crippen MR) is 114 cm³/mol. The molecule has 1 aliphatic rings. The molecule has 0 bridgehead atoms. The van der Waals surface area contributed by atoms with Crippen LogP contribution >= 0.6 is 35.3 Å². The zero-order valence-electron chi connectivity index (χ0n) is 15.1. The van der Waals surface area contributed by atoms with Gasteiger partial charge in [0.25, 0.3) is 17.6 Å². The van der Waals surface area contributed by atoms with Crippen LogP contribution in [-0.2, 0) is 4.79 Å². The van der Waals surface area contributed by atoms with Crippen LogP contribution in [0, 0.1) is 0 Å². The molecule has 3 rings (SSSR count). The Morgan fingerprint density at radius 1 is 1.21 bits per heavy atom. The standard InChI is InChI=1S/C18H18F2N4O2S3/c19-17(20)29-12-7-5-11(6-8-12)21-18(27)23-22-15(25)13-3-1-9-24(13)16(26)14-4-2-10-28-14/h2,4-8,10,13,17H,1,3,9H2,(H,22,25)(H2,21,23,27)/t13-/m0/s1. The molecule has 1 aromatic carbocycles. The molecular weight excluding hydrogens is 438 g/mol. The second kappa shape index (κ2) is 9.99. The second-order valence-electron chi connectivity index (χ2n) is 6.11. The Bertz CT molecular complexity index is 863. The normalized spacial score (nSPS) is 16.0. The number of halogens is 2. The van der Waals surface area contributed by atoms with Gasteiger partial charge in [-0.3, -0.25) is 20.4 Å². The molecule has 0 aliphatic carbocycles. The number of amides is 2. The molecule has 0 spiro atoms. The molecule has 3 N–H and O–H groups in total. The Hall–Kier alpha value is -2.24. The summed E-state index contributed by atoms with van der Waals surface area (Å²) in [5.74, 6) is -2.98. The van der Waals surface area contributed by atoms with Gasteiger partial charge in [-0.25, -0.2) is 0 Å². The highest BCUT2D eigenvalue weighted by atomic mass is 32.2. The highest BCUT2D eigenvalue weighted by Crippen LogP contribution is 2.26. The first-order valence-electron chi connectivity index (χ1n) is 8.70. The average Bonchev–Trinajstić information content (AvgIpc) is 3.38. The molecule has 2 amide bonds. The number of hydrogen-bond donors (Lipinski definition) is 3. The summed E-state index contributed by atoms with van der Waals surface area (Å²) in [6.45, 7) is 0.528. The first kappa shape index (κ1) is 21.5. The summed E-state index contributed by atoms with van der Waals surface area (Å²) in [6.07, 6.45) is 1.33. The number of hydrogen-bond acceptors (Lipinski definition) is 5. The monoisotopic (exact) mass is 456 g/mol. The SMILES string of the molecule is O=C(NNC(=S)Nc1ccc(SC(F)F)cc1)[C@@H]1CCCN1C(=O)c1cccs1. The summed E-state index contributed by atoms with van der Waals surface area (Å²) in [7, 11) is 0. The van der Waals surface area contributed by atoms with E-state index in [4.69, 9.17) is 12.2 Å². The van der Waals surface area contributed by atoms with Crippen molar-refractivity contribution in [2.75, 3.05) is 11.9 Å². The van der Waals surface area contributed by atoms with Gasteiger partial charge in [-0.1, -0.05) is 17.8 Å². The number of carbonyl (C=O) groups excluding carboxylic acids is 2. The van der Waals surface area contributed by atoms with Crippen molar-refractivity contribution in [2.45, 2.75) is 29.5 Å². The van der Waals surface area contributed by atoms with Crippen LogP contribution in [0.25, 0.3) is 0 Å². The molecule has 2 aromatic rings. The van der Waals surface area contributed by atoms with E-state index in [0.717, 1.165) is 6.42 Å². The minimum absolute atomic E-state index is 0.141. The summed E-state index contributed by atoms with van der Waals surface area (Å²) >= 11 is 6.94. The molecule has 154 valence electrons. The third kappa shape index (κ3) is 5.87. The smallest absolute Gasteiger partial charge is 0.288 e. The van der Waals surface area contributed by atoms with Crippen molar-refractivity contribution in [1.82, 2.24) is 15.8 Å². The average molecular weight is 457 g/mol. The molecule has 1 aliphatic heterocycles. The molecular formula is C18H18F2N4O2S3. The molecule has 1 fully saturated rings. The maximum atomic E-state index is 12.5. The lowest BCUT2D eigenvalue weighted by molar-refractivity contribution is -0.125. The van der Waals surface area contributed by atoms with Crippen molar-refractivity contribution in [2.24, 2.45) is 0 Å². The van der Waals surface area contributed by atoms with E-state index < -0.39 is 11.8 Å². The van der Waals surface area contributed by atoms with Crippen molar-refractivity contribution in [1.29, 1.82) is 0 Å². The van der Waals surface area contributed by atoms with Crippen LogP contribution in [-0.4, -0.2) is 40.2 Å². The Morgan fingerprint density at radius 3 is 2.62 bits per heavy atom. The minimum atomic E-state index is -2.48. The van der Waals surface area contributed by atoms with Crippen LogP contribution in [0.4, 0.5) is 14.5 Å². The van der Waals surface area contributed by atoms with E-state index in [0.29, 0.717) is 40.2 Å². The molecule has 29 heavy (non-hydrogen) atoms. The van der Waals surface area contributed by atoms with Crippen LogP contribution < -0.4 is 16.2 Å². The number of rotatable bonds is 5. The summed E-state index contributed by atoms with van der Waals surface area (Å²) in [6, 6.07) is 9.29. The van der Waals surface area contributed by atoms with Crippen molar-refractivity contribution in [3.05, 3.63) is 46.7 Å². The van der Waals surface area contributed by atoms with Gasteiger partial charge in [0.1, 0.15) is 6.04 Å². The third-order valence-electron chi connectivity index (χ3n) is 4.18. The van der Waals surface area contributed by atoms with E-state index >= 15 is 0 Å². The van der Waals surface area contributed by atoms with E-state index in [9.17, 15) is 18.4 Å². The fourth-order valence-corrected chi connectivity index (χ4v) is 4.25. The lowest BCUT2D eigenvalue weighted by Crippen LogP contribution is -2.52.